The molecule has 1 aliphatic rings. The van der Waals surface area contributed by atoms with E-state index in [1.54, 1.807) is 67.2 Å². The second kappa shape index (κ2) is 12.9. The minimum absolute atomic E-state index is 0.0365. The van der Waals surface area contributed by atoms with Gasteiger partial charge in [-0.15, -0.1) is 0 Å². The highest BCUT2D eigenvalue weighted by atomic mass is 16.2. The number of carbonyl (C=O) groups is 3. The summed E-state index contributed by atoms with van der Waals surface area (Å²) in [6.45, 7) is 1.44. The first-order valence-corrected chi connectivity index (χ1v) is 14.9. The molecule has 0 bridgehead atoms. The van der Waals surface area contributed by atoms with Gasteiger partial charge in [0, 0.05) is 23.3 Å². The quantitative estimate of drug-likeness (QED) is 0.279. The fourth-order valence-corrected chi connectivity index (χ4v) is 5.58. The van der Waals surface area contributed by atoms with Crippen LogP contribution in [0.1, 0.15) is 34.1 Å². The van der Waals surface area contributed by atoms with Crippen molar-refractivity contribution < 1.29 is 14.4 Å². The van der Waals surface area contributed by atoms with Crippen LogP contribution >= 0.6 is 0 Å². The van der Waals surface area contributed by atoms with E-state index in [1.807, 2.05) is 30.3 Å². The molecule has 0 saturated heterocycles. The van der Waals surface area contributed by atoms with E-state index in [0.717, 1.165) is 10.9 Å². The Labute approximate surface area is 270 Å². The molecule has 0 radical (unpaired) electrons. The van der Waals surface area contributed by atoms with Crippen LogP contribution in [-0.2, 0) is 16.1 Å². The number of aromatic nitrogens is 3. The fraction of sp³-hybridized carbons (Fsp3) is 0.171. The third-order valence-corrected chi connectivity index (χ3v) is 8.16. The first-order valence-electron chi connectivity index (χ1n) is 14.9. The molecule has 2 atom stereocenters. The Hall–Kier alpha value is -6.37. The van der Waals surface area contributed by atoms with Gasteiger partial charge in [0.15, 0.2) is 0 Å². The van der Waals surface area contributed by atoms with Gasteiger partial charge in [-0.05, 0) is 62.5 Å². The maximum absolute atomic E-state index is 14.5. The molecule has 0 spiro atoms. The van der Waals surface area contributed by atoms with E-state index in [2.05, 4.69) is 27.8 Å². The summed E-state index contributed by atoms with van der Waals surface area (Å²) in [5, 5.41) is 31.0. The third kappa shape index (κ3) is 5.77. The molecule has 3 heterocycles. The van der Waals surface area contributed by atoms with Crippen molar-refractivity contribution >= 4 is 40.0 Å². The fourth-order valence-electron chi connectivity index (χ4n) is 5.58. The molecule has 12 nitrogen and oxygen atoms in total. The zero-order chi connectivity index (χ0) is 33.1. The Morgan fingerprint density at radius 3 is 2.45 bits per heavy atom. The number of pyridine rings is 1. The van der Waals surface area contributed by atoms with E-state index in [-0.39, 0.29) is 18.7 Å². The van der Waals surface area contributed by atoms with Crippen LogP contribution in [0.2, 0.25) is 0 Å². The summed E-state index contributed by atoms with van der Waals surface area (Å²) in [4.78, 5) is 48.6. The van der Waals surface area contributed by atoms with E-state index >= 15 is 0 Å². The van der Waals surface area contributed by atoms with Crippen molar-refractivity contribution in [1.82, 2.24) is 25.4 Å². The molecule has 47 heavy (non-hydrogen) atoms. The lowest BCUT2D eigenvalue weighted by Crippen LogP contribution is -2.55. The van der Waals surface area contributed by atoms with Crippen LogP contribution < -0.4 is 20.4 Å². The first kappa shape index (κ1) is 30.6. The van der Waals surface area contributed by atoms with Crippen LogP contribution in [0, 0.1) is 22.7 Å². The van der Waals surface area contributed by atoms with Crippen molar-refractivity contribution in [3.8, 4) is 17.8 Å². The van der Waals surface area contributed by atoms with Crippen LogP contribution in [0.3, 0.4) is 0 Å². The van der Waals surface area contributed by atoms with Gasteiger partial charge < -0.3 is 20.4 Å². The highest BCUT2D eigenvalue weighted by molar-refractivity contribution is 6.13. The summed E-state index contributed by atoms with van der Waals surface area (Å²) >= 11 is 0. The van der Waals surface area contributed by atoms with Crippen LogP contribution in [0.15, 0.2) is 91.3 Å². The van der Waals surface area contributed by atoms with Crippen molar-refractivity contribution in [2.75, 3.05) is 23.4 Å². The molecule has 2 N–H and O–H groups in total. The van der Waals surface area contributed by atoms with E-state index in [9.17, 15) is 24.9 Å². The van der Waals surface area contributed by atoms with Crippen LogP contribution in [0.4, 0.5) is 11.4 Å². The third-order valence-electron chi connectivity index (χ3n) is 8.16. The normalized spacial score (nSPS) is 14.9. The molecular weight excluding hydrogens is 594 g/mol. The van der Waals surface area contributed by atoms with Crippen LogP contribution in [0.25, 0.3) is 16.6 Å². The Balaban J connectivity index is 1.52. The van der Waals surface area contributed by atoms with Crippen molar-refractivity contribution in [2.45, 2.75) is 25.6 Å². The predicted octanol–water partition coefficient (Wildman–Crippen LogP) is 3.45. The number of amides is 3. The van der Waals surface area contributed by atoms with E-state index in [0.29, 0.717) is 33.9 Å². The van der Waals surface area contributed by atoms with Gasteiger partial charge in [0.05, 0.1) is 64.6 Å². The average Bonchev–Trinajstić information content (AvgIpc) is 3.44. The minimum atomic E-state index is -1.14. The average molecular weight is 624 g/mol. The topological polar surface area (TPSA) is 160 Å². The molecule has 3 aromatic carbocycles. The number of nitrogens with zero attached hydrogens (tertiary/aromatic N) is 7. The first-order chi connectivity index (χ1) is 22.8. The van der Waals surface area contributed by atoms with Gasteiger partial charge in [0.2, 0.25) is 5.91 Å². The van der Waals surface area contributed by atoms with Crippen molar-refractivity contribution in [1.29, 1.82) is 10.5 Å². The van der Waals surface area contributed by atoms with E-state index in [4.69, 9.17) is 5.10 Å². The summed E-state index contributed by atoms with van der Waals surface area (Å²) < 4.78 is 1.68. The number of rotatable bonds is 7. The summed E-state index contributed by atoms with van der Waals surface area (Å²) in [5.41, 5.74) is 3.58. The number of carbonyl (C=O) groups excluding carboxylic acids is 3. The molecule has 6 rings (SSSR count). The second-order valence-corrected chi connectivity index (χ2v) is 11.0. The van der Waals surface area contributed by atoms with Gasteiger partial charge in [-0.2, -0.15) is 15.6 Å². The summed E-state index contributed by atoms with van der Waals surface area (Å²) in [7, 11) is 1.63. The minimum Gasteiger partial charge on any atom is -0.341 e. The number of hydrogen-bond donors (Lipinski definition) is 2. The van der Waals surface area contributed by atoms with Crippen molar-refractivity contribution in [2.24, 2.45) is 0 Å². The maximum Gasteiger partial charge on any atom is 0.258 e. The molecule has 2 unspecified atom stereocenters. The Bertz CT molecular complexity index is 2100. The van der Waals surface area contributed by atoms with Gasteiger partial charge in [-0.3, -0.25) is 19.4 Å². The lowest BCUT2D eigenvalue weighted by Gasteiger charge is -2.26. The SMILES string of the molecule is CNC(C)C(=O)NC1CN(C(=O)c2ccncc2)c2cc(C#N)ccc2N(Cc2nn(-c3ccccc3C#N)c3ccccc23)C1=O. The molecule has 2 aromatic heterocycles. The number of hydrogen-bond acceptors (Lipinski definition) is 8. The highest BCUT2D eigenvalue weighted by Gasteiger charge is 2.38. The van der Waals surface area contributed by atoms with Gasteiger partial charge in [-0.1, -0.05) is 30.3 Å². The summed E-state index contributed by atoms with van der Waals surface area (Å²) in [5.74, 6) is -1.32. The van der Waals surface area contributed by atoms with Crippen LogP contribution in [-0.4, -0.2) is 58.2 Å². The van der Waals surface area contributed by atoms with Gasteiger partial charge in [-0.25, -0.2) is 4.68 Å². The summed E-state index contributed by atoms with van der Waals surface area (Å²) in [6.07, 6.45) is 2.99. The molecule has 232 valence electrons. The molecule has 0 aliphatic carbocycles. The molecule has 1 aliphatic heterocycles. The Kier molecular flexibility index (Phi) is 8.43. The lowest BCUT2D eigenvalue weighted by atomic mass is 10.1. The number of likely N-dealkylation sites (N-methyl/N-ethyl adjacent to an activating group) is 1. The Morgan fingerprint density at radius 2 is 1.70 bits per heavy atom. The number of nitrogens with one attached hydrogen (secondary N) is 2. The smallest absolute Gasteiger partial charge is 0.258 e. The zero-order valence-electron chi connectivity index (χ0n) is 25.6. The number of anilines is 2. The predicted molar refractivity (Wildman–Crippen MR) is 174 cm³/mol. The molecular formula is C35H29N9O3. The second-order valence-electron chi connectivity index (χ2n) is 11.0. The van der Waals surface area contributed by atoms with E-state index in [1.165, 1.54) is 22.2 Å². The van der Waals surface area contributed by atoms with Gasteiger partial charge in [0.1, 0.15) is 12.1 Å². The Morgan fingerprint density at radius 1 is 0.957 bits per heavy atom. The number of fused-ring (bicyclic) bond motifs is 2. The molecule has 5 aromatic rings. The largest absolute Gasteiger partial charge is 0.341 e. The number of benzene rings is 3. The molecule has 3 amide bonds. The number of nitriles is 2. The van der Waals surface area contributed by atoms with Crippen molar-refractivity contribution in [3.05, 3.63) is 114 Å². The highest BCUT2D eigenvalue weighted by Crippen LogP contribution is 2.37. The molecule has 0 fully saturated rings. The lowest BCUT2D eigenvalue weighted by molar-refractivity contribution is -0.128. The van der Waals surface area contributed by atoms with Gasteiger partial charge in [0.25, 0.3) is 11.8 Å². The number of para-hydroxylation sites is 2. The zero-order valence-corrected chi connectivity index (χ0v) is 25.6. The molecule has 0 saturated carbocycles. The van der Waals surface area contributed by atoms with Gasteiger partial charge >= 0.3 is 0 Å². The standard InChI is InChI=1S/C35H29N9O3/c1-22(38-2)33(45)40-28-21-43(34(46)24-13-15-39-16-14-24)32-17-23(18-36)11-12-31(32)42(35(28)47)20-27-26-8-4-6-10-30(26)44(41-27)29-9-5-3-7-25(29)19-37/h3-17,22,28,38H,20-21H2,1-2H3,(H,40,45). The van der Waals surface area contributed by atoms with E-state index < -0.39 is 29.8 Å². The monoisotopic (exact) mass is 623 g/mol. The summed E-state index contributed by atoms with van der Waals surface area (Å²) in [6, 6.07) is 25.1. The van der Waals surface area contributed by atoms with Crippen molar-refractivity contribution in [3.63, 3.8) is 0 Å². The maximum atomic E-state index is 14.5. The molecule has 12 heteroatoms. The van der Waals surface area contributed by atoms with Crippen LogP contribution in [0.5, 0.6) is 0 Å².